The minimum Gasteiger partial charge on any atom is -0.461 e. The summed E-state index contributed by atoms with van der Waals surface area (Å²) in [7, 11) is 0. The van der Waals surface area contributed by atoms with E-state index in [2.05, 4.69) is 40.7 Å². The Labute approximate surface area is 209 Å². The molecule has 0 amide bonds. The molecule has 0 bridgehead atoms. The molecule has 1 fully saturated rings. The normalized spacial score (nSPS) is 20.6. The number of aromatic nitrogens is 1. The van der Waals surface area contributed by atoms with Crippen LogP contribution in [0.15, 0.2) is 23.3 Å². The van der Waals surface area contributed by atoms with E-state index in [9.17, 15) is 9.18 Å². The predicted molar refractivity (Wildman–Crippen MR) is 137 cm³/mol. The second-order valence-electron chi connectivity index (χ2n) is 11.3. The molecule has 0 radical (unpaired) electrons. The lowest BCUT2D eigenvalue weighted by Gasteiger charge is -2.41. The number of hydrogen-bond acceptors (Lipinski definition) is 6. The minimum absolute atomic E-state index is 0.232. The zero-order valence-electron chi connectivity index (χ0n) is 22.2. The molecule has 1 aromatic rings. The van der Waals surface area contributed by atoms with Crippen molar-refractivity contribution in [3.8, 4) is 12.0 Å². The topological polar surface area (TPSA) is 64.0 Å². The van der Waals surface area contributed by atoms with Crippen molar-refractivity contribution in [2.24, 2.45) is 10.4 Å². The summed E-state index contributed by atoms with van der Waals surface area (Å²) in [5, 5.41) is 0. The molecule has 2 atom stereocenters. The number of piperidine rings is 1. The van der Waals surface area contributed by atoms with Crippen LogP contribution in [0.25, 0.3) is 0 Å². The number of pyridine rings is 1. The van der Waals surface area contributed by atoms with Crippen LogP contribution < -0.4 is 4.90 Å². The summed E-state index contributed by atoms with van der Waals surface area (Å²) in [5.41, 5.74) is 2.67. The SMILES string of the molecule is Cc1ncc(C2C#CN=C(F)C=C2)c(N2CCC(C)(C)CC2)c1[C@H](OC(C)(C)C)C(=O)OC(C)C. The summed E-state index contributed by atoms with van der Waals surface area (Å²) in [6.07, 6.45) is 5.53. The van der Waals surface area contributed by atoms with Gasteiger partial charge in [-0.05, 0) is 65.9 Å². The number of nitrogens with zero attached hydrogens (tertiary/aromatic N) is 3. The Morgan fingerprint density at radius 1 is 1.26 bits per heavy atom. The summed E-state index contributed by atoms with van der Waals surface area (Å²) < 4.78 is 25.8. The summed E-state index contributed by atoms with van der Waals surface area (Å²) in [4.78, 5) is 24.0. The number of esters is 1. The third-order valence-corrected chi connectivity index (χ3v) is 6.19. The van der Waals surface area contributed by atoms with E-state index >= 15 is 0 Å². The van der Waals surface area contributed by atoms with Crippen LogP contribution in [0.2, 0.25) is 0 Å². The number of anilines is 1. The highest BCUT2D eigenvalue weighted by Gasteiger charge is 2.37. The van der Waals surface area contributed by atoms with Crippen molar-refractivity contribution >= 4 is 17.6 Å². The third-order valence-electron chi connectivity index (χ3n) is 6.19. The number of carbonyl (C=O) groups excluding carboxylic acids is 1. The van der Waals surface area contributed by atoms with Gasteiger partial charge in [0.15, 0.2) is 6.10 Å². The van der Waals surface area contributed by atoms with Gasteiger partial charge in [-0.2, -0.15) is 9.38 Å². The summed E-state index contributed by atoms with van der Waals surface area (Å²) in [6, 6.07) is 2.57. The van der Waals surface area contributed by atoms with Gasteiger partial charge in [-0.15, -0.1) is 0 Å². The molecule has 0 spiro atoms. The maximum absolute atomic E-state index is 13.8. The molecule has 0 saturated carbocycles. The molecule has 0 N–H and O–H groups in total. The molecular formula is C28H38FN3O3. The lowest BCUT2D eigenvalue weighted by molar-refractivity contribution is -0.171. The van der Waals surface area contributed by atoms with Crippen molar-refractivity contribution < 1.29 is 18.7 Å². The lowest BCUT2D eigenvalue weighted by atomic mass is 9.81. The smallest absolute Gasteiger partial charge is 0.340 e. The molecule has 3 rings (SSSR count). The van der Waals surface area contributed by atoms with E-state index in [4.69, 9.17) is 9.47 Å². The number of hydrogen-bond donors (Lipinski definition) is 0. The number of allylic oxidation sites excluding steroid dienone is 2. The van der Waals surface area contributed by atoms with Gasteiger partial charge in [0.1, 0.15) is 0 Å². The van der Waals surface area contributed by atoms with Gasteiger partial charge in [0.2, 0.25) is 5.97 Å². The molecule has 6 nitrogen and oxygen atoms in total. The Kier molecular flexibility index (Phi) is 8.06. The van der Waals surface area contributed by atoms with Crippen LogP contribution in [0.4, 0.5) is 10.1 Å². The van der Waals surface area contributed by atoms with E-state index < -0.39 is 29.6 Å². The van der Waals surface area contributed by atoms with E-state index in [1.807, 2.05) is 41.5 Å². The van der Waals surface area contributed by atoms with Gasteiger partial charge in [-0.1, -0.05) is 25.8 Å². The van der Waals surface area contributed by atoms with Crippen molar-refractivity contribution in [3.05, 3.63) is 35.2 Å². The molecule has 0 aromatic carbocycles. The standard InChI is InChI=1S/C28H38FN3O3/c1-18(2)34-26(33)25(35-27(4,5)6)23-19(3)31-17-21(20-9-10-22(29)30-14-11-20)24(23)32-15-12-28(7,8)13-16-32/h9-10,17-18,20,25H,12-13,15-16H2,1-8H3/t20?,25-/m0/s1. The Hall–Kier alpha value is -2.72. The van der Waals surface area contributed by atoms with Crippen LogP contribution in [0, 0.1) is 24.3 Å². The van der Waals surface area contributed by atoms with Gasteiger partial charge >= 0.3 is 5.97 Å². The minimum atomic E-state index is -0.967. The van der Waals surface area contributed by atoms with Crippen LogP contribution in [0.5, 0.6) is 0 Å². The van der Waals surface area contributed by atoms with Crippen molar-refractivity contribution in [2.75, 3.05) is 18.0 Å². The maximum Gasteiger partial charge on any atom is 0.340 e. The van der Waals surface area contributed by atoms with Crippen molar-refractivity contribution in [1.29, 1.82) is 0 Å². The van der Waals surface area contributed by atoms with Gasteiger partial charge in [0.25, 0.3) is 0 Å². The highest BCUT2D eigenvalue weighted by atomic mass is 19.1. The quantitative estimate of drug-likeness (QED) is 0.378. The second-order valence-corrected chi connectivity index (χ2v) is 11.3. The molecule has 35 heavy (non-hydrogen) atoms. The molecule has 2 aliphatic heterocycles. The first-order chi connectivity index (χ1) is 16.3. The monoisotopic (exact) mass is 483 g/mol. The average molecular weight is 484 g/mol. The third kappa shape index (κ3) is 6.91. The van der Waals surface area contributed by atoms with Gasteiger partial charge in [0.05, 0.1) is 23.3 Å². The molecule has 2 aliphatic rings. The fourth-order valence-electron chi connectivity index (χ4n) is 4.32. The summed E-state index contributed by atoms with van der Waals surface area (Å²) in [5.74, 6) is 1.52. The van der Waals surface area contributed by atoms with Gasteiger partial charge in [-0.25, -0.2) is 4.79 Å². The van der Waals surface area contributed by atoms with Crippen molar-refractivity contribution in [2.45, 2.75) is 92.0 Å². The van der Waals surface area contributed by atoms with Crippen LogP contribution in [0.1, 0.15) is 90.2 Å². The number of halogens is 1. The van der Waals surface area contributed by atoms with Crippen LogP contribution in [-0.2, 0) is 14.3 Å². The van der Waals surface area contributed by atoms with Crippen molar-refractivity contribution in [1.82, 2.24) is 4.98 Å². The Morgan fingerprint density at radius 3 is 2.51 bits per heavy atom. The van der Waals surface area contributed by atoms with E-state index in [-0.39, 0.29) is 11.5 Å². The number of aryl methyl sites for hydroxylation is 1. The van der Waals surface area contributed by atoms with Crippen LogP contribution in [-0.4, -0.2) is 41.7 Å². The van der Waals surface area contributed by atoms with Gasteiger partial charge < -0.3 is 14.4 Å². The highest BCUT2D eigenvalue weighted by molar-refractivity contribution is 5.88. The zero-order valence-corrected chi connectivity index (χ0v) is 22.2. The molecular weight excluding hydrogens is 445 g/mol. The molecule has 1 saturated heterocycles. The molecule has 190 valence electrons. The average Bonchev–Trinajstić information content (AvgIpc) is 2.95. The number of carbonyl (C=O) groups is 1. The Morgan fingerprint density at radius 2 is 1.91 bits per heavy atom. The first kappa shape index (κ1) is 26.9. The highest BCUT2D eigenvalue weighted by Crippen LogP contribution is 2.42. The second kappa shape index (κ2) is 10.5. The molecule has 3 heterocycles. The molecule has 0 aliphatic carbocycles. The lowest BCUT2D eigenvalue weighted by Crippen LogP contribution is -2.40. The van der Waals surface area contributed by atoms with Crippen LogP contribution in [0.3, 0.4) is 0 Å². The molecule has 7 heteroatoms. The fourth-order valence-corrected chi connectivity index (χ4v) is 4.32. The number of rotatable bonds is 6. The maximum atomic E-state index is 13.8. The predicted octanol–water partition coefficient (Wildman–Crippen LogP) is 5.81. The first-order valence-electron chi connectivity index (χ1n) is 12.3. The van der Waals surface area contributed by atoms with Gasteiger partial charge in [-0.3, -0.25) is 4.98 Å². The van der Waals surface area contributed by atoms with E-state index in [1.165, 1.54) is 6.08 Å². The van der Waals surface area contributed by atoms with Crippen molar-refractivity contribution in [3.63, 3.8) is 0 Å². The molecule has 1 aromatic heterocycles. The fraction of sp³-hybridized carbons (Fsp3) is 0.607. The van der Waals surface area contributed by atoms with Crippen LogP contribution >= 0.6 is 0 Å². The van der Waals surface area contributed by atoms with E-state index in [1.54, 1.807) is 12.3 Å². The Bertz CT molecular complexity index is 1060. The summed E-state index contributed by atoms with van der Waals surface area (Å²) >= 11 is 0. The number of ether oxygens (including phenoxy) is 2. The van der Waals surface area contributed by atoms with E-state index in [0.717, 1.165) is 37.2 Å². The van der Waals surface area contributed by atoms with Gasteiger partial charge in [0, 0.05) is 42.2 Å². The number of aliphatic imine (C=N–C) groups is 1. The first-order valence-corrected chi connectivity index (χ1v) is 12.3. The summed E-state index contributed by atoms with van der Waals surface area (Å²) in [6.45, 7) is 17.4. The molecule has 1 unspecified atom stereocenters. The Balaban J connectivity index is 2.22. The largest absolute Gasteiger partial charge is 0.461 e. The van der Waals surface area contributed by atoms with E-state index in [0.29, 0.717) is 11.3 Å². The zero-order chi connectivity index (χ0) is 26.0.